The van der Waals surface area contributed by atoms with E-state index in [0.717, 1.165) is 46.8 Å². The zero-order chi connectivity index (χ0) is 34.4. The van der Waals surface area contributed by atoms with Crippen molar-refractivity contribution in [1.29, 1.82) is 0 Å². The van der Waals surface area contributed by atoms with Gasteiger partial charge in [0.15, 0.2) is 0 Å². The van der Waals surface area contributed by atoms with Gasteiger partial charge in [-0.2, -0.15) is 5.10 Å². The lowest BCUT2D eigenvalue weighted by molar-refractivity contribution is -0.119. The van der Waals surface area contributed by atoms with Gasteiger partial charge in [-0.1, -0.05) is 23.2 Å². The number of methoxy groups -OCH3 is 1. The van der Waals surface area contributed by atoms with Gasteiger partial charge in [0.25, 0.3) is 11.5 Å². The van der Waals surface area contributed by atoms with Crippen LogP contribution in [0.4, 0.5) is 14.5 Å². The largest absolute Gasteiger partial charge is 0.481 e. The number of benzene rings is 2. The first-order chi connectivity index (χ1) is 22.9. The molecule has 1 fully saturated rings. The van der Waals surface area contributed by atoms with Crippen LogP contribution in [0.2, 0.25) is 10.0 Å². The fourth-order valence-electron chi connectivity index (χ4n) is 6.10. The Bertz CT molecular complexity index is 2120. The van der Waals surface area contributed by atoms with E-state index in [2.05, 4.69) is 26.0 Å². The number of nitrogens with zero attached hydrogens (tertiary/aromatic N) is 4. The molecule has 4 aromatic rings. The molecule has 1 aliphatic carbocycles. The maximum atomic E-state index is 15.5. The van der Waals surface area contributed by atoms with E-state index >= 15 is 8.78 Å². The van der Waals surface area contributed by atoms with Gasteiger partial charge in [-0.25, -0.2) is 23.2 Å². The third-order valence-corrected chi connectivity index (χ3v) is 9.33. The first kappa shape index (κ1) is 33.2. The molecule has 1 aliphatic heterocycles. The minimum atomic E-state index is -1.03. The molecule has 250 valence electrons. The lowest BCUT2D eigenvalue weighted by atomic mass is 9.98. The summed E-state index contributed by atoms with van der Waals surface area (Å²) in [6.45, 7) is 0.595. The van der Waals surface area contributed by atoms with Crippen LogP contribution in [-0.4, -0.2) is 50.8 Å². The number of nitrogens with one attached hydrogen (secondary N) is 3. The average molecular weight is 701 g/mol. The van der Waals surface area contributed by atoms with Crippen LogP contribution in [0.3, 0.4) is 0 Å². The molecule has 2 amide bonds. The molecule has 1 saturated heterocycles. The molecule has 6 rings (SSSR count). The number of aryl methyl sites for hydroxylation is 2. The summed E-state index contributed by atoms with van der Waals surface area (Å²) in [6, 6.07) is 6.45. The monoisotopic (exact) mass is 699 g/mol. The van der Waals surface area contributed by atoms with Crippen molar-refractivity contribution in [1.82, 2.24) is 30.0 Å². The SMILES string of the molecule is COc1nc(-c2ccc(F)c(-c3c(F)ccc(NC(=O)c4nn(C)c(=O)n(C)c4=O)c3Cl)c2Cl)cc2c1[C@@H](NC[C@@H]1CCC(=O)N1)CC2. The summed E-state index contributed by atoms with van der Waals surface area (Å²) in [7, 11) is 3.94. The average Bonchev–Trinajstić information content (AvgIpc) is 3.68. The standard InChI is InChI=1S/C32H29Cl2F2N7O5/c1-42-31(46)28(41-43(2)32(42)47)29(45)39-20-10-8-18(36)25(27(20)34)24-17(35)7-6-16(26(24)33)21-12-14-4-9-19(23(14)30(40-21)48-3)37-13-15-5-11-22(44)38-15/h6-8,10,12,15,19,37H,4-5,9,11,13H2,1-3H3,(H,38,44)(H,39,45)/t15-,19-/m0/s1. The minimum absolute atomic E-state index is 0.0383. The lowest BCUT2D eigenvalue weighted by Crippen LogP contribution is -2.43. The van der Waals surface area contributed by atoms with E-state index in [1.165, 1.54) is 27.3 Å². The normalized spacial score (nSPS) is 16.9. The van der Waals surface area contributed by atoms with Crippen molar-refractivity contribution in [2.24, 2.45) is 14.1 Å². The third-order valence-electron chi connectivity index (χ3n) is 8.54. The molecule has 48 heavy (non-hydrogen) atoms. The van der Waals surface area contributed by atoms with E-state index in [4.69, 9.17) is 27.9 Å². The first-order valence-corrected chi connectivity index (χ1v) is 15.7. The molecule has 16 heteroatoms. The Balaban J connectivity index is 1.35. The summed E-state index contributed by atoms with van der Waals surface area (Å²) in [5, 5.41) is 12.0. The highest BCUT2D eigenvalue weighted by Crippen LogP contribution is 2.46. The van der Waals surface area contributed by atoms with Gasteiger partial charge < -0.3 is 20.7 Å². The van der Waals surface area contributed by atoms with Crippen molar-refractivity contribution >= 4 is 40.7 Å². The summed E-state index contributed by atoms with van der Waals surface area (Å²) in [5.74, 6) is -2.46. The molecule has 12 nitrogen and oxygen atoms in total. The molecule has 2 aliphatic rings. The number of anilines is 1. The van der Waals surface area contributed by atoms with Crippen molar-refractivity contribution < 1.29 is 23.1 Å². The number of hydrogen-bond donors (Lipinski definition) is 3. The van der Waals surface area contributed by atoms with Gasteiger partial charge in [0.2, 0.25) is 17.5 Å². The Morgan fingerprint density at radius 2 is 1.75 bits per heavy atom. The number of halogens is 4. The fourth-order valence-corrected chi connectivity index (χ4v) is 6.74. The van der Waals surface area contributed by atoms with Gasteiger partial charge in [-0.05, 0) is 55.2 Å². The molecular weight excluding hydrogens is 671 g/mol. The number of carbonyl (C=O) groups is 2. The molecule has 2 aromatic heterocycles. The number of amides is 2. The van der Waals surface area contributed by atoms with Gasteiger partial charge in [0.1, 0.15) is 11.6 Å². The van der Waals surface area contributed by atoms with Crippen LogP contribution in [0.5, 0.6) is 5.88 Å². The summed E-state index contributed by atoms with van der Waals surface area (Å²) in [5.41, 5.74) is -0.830. The summed E-state index contributed by atoms with van der Waals surface area (Å²) < 4.78 is 38.1. The zero-order valence-electron chi connectivity index (χ0n) is 25.9. The van der Waals surface area contributed by atoms with Crippen LogP contribution in [0.25, 0.3) is 22.4 Å². The van der Waals surface area contributed by atoms with Crippen molar-refractivity contribution in [3.05, 3.63) is 89.7 Å². The van der Waals surface area contributed by atoms with Gasteiger partial charge >= 0.3 is 5.69 Å². The highest BCUT2D eigenvalue weighted by Gasteiger charge is 2.31. The second-order valence-electron chi connectivity index (χ2n) is 11.5. The maximum Gasteiger partial charge on any atom is 0.346 e. The lowest BCUT2D eigenvalue weighted by Gasteiger charge is -2.20. The van der Waals surface area contributed by atoms with E-state index < -0.39 is 45.1 Å². The highest BCUT2D eigenvalue weighted by molar-refractivity contribution is 6.39. The smallest absolute Gasteiger partial charge is 0.346 e. The molecule has 2 aromatic carbocycles. The Morgan fingerprint density at radius 1 is 1.04 bits per heavy atom. The zero-order valence-corrected chi connectivity index (χ0v) is 27.4. The number of fused-ring (bicyclic) bond motifs is 1. The van der Waals surface area contributed by atoms with Crippen molar-refractivity contribution in [3.63, 3.8) is 0 Å². The quantitative estimate of drug-likeness (QED) is 0.251. The Hall–Kier alpha value is -4.66. The maximum absolute atomic E-state index is 15.5. The molecule has 0 unspecified atom stereocenters. The molecule has 3 N–H and O–H groups in total. The van der Waals surface area contributed by atoms with E-state index in [9.17, 15) is 19.2 Å². The van der Waals surface area contributed by atoms with Crippen molar-refractivity contribution in [2.45, 2.75) is 37.8 Å². The molecular formula is C32H29Cl2F2N7O5. The van der Waals surface area contributed by atoms with E-state index in [1.807, 2.05) is 6.07 Å². The number of aromatic nitrogens is 4. The van der Waals surface area contributed by atoms with Gasteiger partial charge in [0, 0.05) is 61.4 Å². The van der Waals surface area contributed by atoms with Crippen LogP contribution in [0, 0.1) is 11.6 Å². The van der Waals surface area contributed by atoms with Crippen molar-refractivity contribution in [2.75, 3.05) is 19.0 Å². The van der Waals surface area contributed by atoms with Gasteiger partial charge in [0.05, 0.1) is 28.5 Å². The molecule has 3 heterocycles. The molecule has 0 radical (unpaired) electrons. The minimum Gasteiger partial charge on any atom is -0.481 e. The van der Waals surface area contributed by atoms with Crippen LogP contribution < -0.4 is 31.9 Å². The predicted octanol–water partition coefficient (Wildman–Crippen LogP) is 3.91. The third kappa shape index (κ3) is 5.95. The van der Waals surface area contributed by atoms with E-state index in [1.54, 1.807) is 0 Å². The second kappa shape index (κ2) is 13.1. The van der Waals surface area contributed by atoms with Gasteiger partial charge in [-0.3, -0.25) is 19.0 Å². The van der Waals surface area contributed by atoms with Crippen LogP contribution in [0.1, 0.15) is 46.9 Å². The number of ether oxygens (including phenoxy) is 1. The summed E-state index contributed by atoms with van der Waals surface area (Å²) in [6.07, 6.45) is 2.72. The first-order valence-electron chi connectivity index (χ1n) is 14.9. The number of pyridine rings is 1. The molecule has 0 bridgehead atoms. The number of carbonyl (C=O) groups excluding carboxylic acids is 2. The van der Waals surface area contributed by atoms with Crippen LogP contribution in [0.15, 0.2) is 39.9 Å². The number of rotatable bonds is 8. The van der Waals surface area contributed by atoms with Crippen LogP contribution in [-0.2, 0) is 25.3 Å². The Kier molecular flexibility index (Phi) is 9.07. The number of hydrogen-bond acceptors (Lipinski definition) is 8. The summed E-state index contributed by atoms with van der Waals surface area (Å²) >= 11 is 13.4. The van der Waals surface area contributed by atoms with Crippen LogP contribution >= 0.6 is 23.2 Å². The summed E-state index contributed by atoms with van der Waals surface area (Å²) in [4.78, 5) is 53.8. The molecule has 2 atom stereocenters. The molecule has 0 saturated carbocycles. The second-order valence-corrected chi connectivity index (χ2v) is 12.3. The van der Waals surface area contributed by atoms with Crippen molar-refractivity contribution in [3.8, 4) is 28.3 Å². The fraction of sp³-hybridized carbons (Fsp3) is 0.312. The molecule has 0 spiro atoms. The topological polar surface area (TPSA) is 149 Å². The van der Waals surface area contributed by atoms with Gasteiger partial charge in [-0.15, -0.1) is 0 Å². The Morgan fingerprint density at radius 3 is 2.44 bits per heavy atom. The van der Waals surface area contributed by atoms with E-state index in [-0.39, 0.29) is 39.8 Å². The highest BCUT2D eigenvalue weighted by atomic mass is 35.5. The Labute approximate surface area is 282 Å². The van der Waals surface area contributed by atoms with E-state index in [0.29, 0.717) is 35.5 Å². The predicted molar refractivity (Wildman–Crippen MR) is 174 cm³/mol.